The van der Waals surface area contributed by atoms with Crippen molar-refractivity contribution in [3.63, 3.8) is 0 Å². The Morgan fingerprint density at radius 3 is 2.86 bits per heavy atom. The van der Waals surface area contributed by atoms with Crippen molar-refractivity contribution in [2.45, 2.75) is 19.0 Å². The second-order valence-corrected chi connectivity index (χ2v) is 5.48. The molecule has 2 N–H and O–H groups in total. The molecule has 0 amide bonds. The molecule has 21 heavy (non-hydrogen) atoms. The summed E-state index contributed by atoms with van der Waals surface area (Å²) in [5.74, 6) is 0.323. The molecule has 1 unspecified atom stereocenters. The third kappa shape index (κ3) is 2.36. The van der Waals surface area contributed by atoms with Crippen LogP contribution in [0.15, 0.2) is 49.2 Å². The SMILES string of the molecule is c1ccc(C2CN(Cc3cnc[nH]3)Cc3[nH]cnc32)cc1. The van der Waals surface area contributed by atoms with Crippen molar-refractivity contribution in [1.82, 2.24) is 24.8 Å². The number of aromatic amines is 2. The zero-order valence-corrected chi connectivity index (χ0v) is 11.7. The second-order valence-electron chi connectivity index (χ2n) is 5.48. The first-order chi connectivity index (χ1) is 10.4. The van der Waals surface area contributed by atoms with Gasteiger partial charge in [0.05, 0.1) is 24.0 Å². The molecular weight excluding hydrogens is 262 g/mol. The van der Waals surface area contributed by atoms with Crippen LogP contribution >= 0.6 is 0 Å². The van der Waals surface area contributed by atoms with Gasteiger partial charge in [0.2, 0.25) is 0 Å². The average molecular weight is 279 g/mol. The van der Waals surface area contributed by atoms with Crippen molar-refractivity contribution in [3.8, 4) is 0 Å². The van der Waals surface area contributed by atoms with E-state index < -0.39 is 0 Å². The van der Waals surface area contributed by atoms with Gasteiger partial charge in [-0.15, -0.1) is 0 Å². The van der Waals surface area contributed by atoms with Crippen molar-refractivity contribution >= 4 is 0 Å². The Hall–Kier alpha value is -2.40. The topological polar surface area (TPSA) is 60.6 Å². The number of H-pyrrole nitrogens is 2. The number of nitrogens with zero attached hydrogens (tertiary/aromatic N) is 3. The molecule has 0 spiro atoms. The molecule has 2 aromatic heterocycles. The molecule has 1 aliphatic rings. The van der Waals surface area contributed by atoms with Crippen LogP contribution in [0.2, 0.25) is 0 Å². The van der Waals surface area contributed by atoms with Crippen LogP contribution in [0.1, 0.15) is 28.6 Å². The molecule has 0 fully saturated rings. The number of nitrogens with one attached hydrogen (secondary N) is 2. The van der Waals surface area contributed by atoms with Gasteiger partial charge in [-0.2, -0.15) is 0 Å². The van der Waals surface area contributed by atoms with Crippen LogP contribution in [-0.2, 0) is 13.1 Å². The third-order valence-corrected chi connectivity index (χ3v) is 4.05. The molecule has 0 saturated carbocycles. The van der Waals surface area contributed by atoms with E-state index in [9.17, 15) is 0 Å². The van der Waals surface area contributed by atoms with Gasteiger partial charge < -0.3 is 9.97 Å². The normalized spacial score (nSPS) is 18.6. The highest BCUT2D eigenvalue weighted by Crippen LogP contribution is 2.31. The van der Waals surface area contributed by atoms with Gasteiger partial charge in [-0.1, -0.05) is 30.3 Å². The smallest absolute Gasteiger partial charge is 0.0925 e. The highest BCUT2D eigenvalue weighted by molar-refractivity contribution is 5.33. The lowest BCUT2D eigenvalue weighted by Gasteiger charge is -2.31. The molecule has 0 aliphatic carbocycles. The van der Waals surface area contributed by atoms with Crippen LogP contribution in [0, 0.1) is 0 Å². The molecule has 0 saturated heterocycles. The number of benzene rings is 1. The minimum atomic E-state index is 0.323. The molecular formula is C16H17N5. The fraction of sp³-hybridized carbons (Fsp3) is 0.250. The summed E-state index contributed by atoms with van der Waals surface area (Å²) in [6.07, 6.45) is 5.43. The Morgan fingerprint density at radius 2 is 2.05 bits per heavy atom. The summed E-state index contributed by atoms with van der Waals surface area (Å²) in [4.78, 5) is 17.5. The maximum atomic E-state index is 4.54. The van der Waals surface area contributed by atoms with E-state index in [1.54, 1.807) is 12.7 Å². The molecule has 3 heterocycles. The van der Waals surface area contributed by atoms with E-state index in [1.165, 1.54) is 17.0 Å². The number of rotatable bonds is 3. The molecule has 106 valence electrons. The van der Waals surface area contributed by atoms with Gasteiger partial charge in [-0.05, 0) is 5.56 Å². The van der Waals surface area contributed by atoms with E-state index in [0.717, 1.165) is 25.3 Å². The summed E-state index contributed by atoms with van der Waals surface area (Å²) in [5, 5.41) is 0. The van der Waals surface area contributed by atoms with Gasteiger partial charge >= 0.3 is 0 Å². The maximum absolute atomic E-state index is 4.54. The van der Waals surface area contributed by atoms with E-state index in [2.05, 4.69) is 55.2 Å². The Labute approximate surface area is 123 Å². The minimum Gasteiger partial charge on any atom is -0.347 e. The van der Waals surface area contributed by atoms with E-state index in [1.807, 2.05) is 6.20 Å². The number of aromatic nitrogens is 4. The van der Waals surface area contributed by atoms with Gasteiger partial charge in [0.1, 0.15) is 0 Å². The minimum absolute atomic E-state index is 0.323. The first kappa shape index (κ1) is 12.3. The molecule has 0 radical (unpaired) electrons. The first-order valence-electron chi connectivity index (χ1n) is 7.17. The number of hydrogen-bond donors (Lipinski definition) is 2. The Bertz CT molecular complexity index is 701. The summed E-state index contributed by atoms with van der Waals surface area (Å²) in [5.41, 5.74) is 4.86. The highest BCUT2D eigenvalue weighted by atomic mass is 15.2. The van der Waals surface area contributed by atoms with Gasteiger partial charge in [0, 0.05) is 37.4 Å². The Balaban J connectivity index is 1.64. The molecule has 0 bridgehead atoms. The fourth-order valence-electron chi connectivity index (χ4n) is 3.07. The predicted octanol–water partition coefficient (Wildman–Crippen LogP) is 2.28. The van der Waals surface area contributed by atoms with Gasteiger partial charge in [-0.25, -0.2) is 9.97 Å². The zero-order chi connectivity index (χ0) is 14.1. The molecule has 4 rings (SSSR count). The number of fused-ring (bicyclic) bond motifs is 1. The summed E-state index contributed by atoms with van der Waals surface area (Å²) >= 11 is 0. The quantitative estimate of drug-likeness (QED) is 0.773. The molecule has 5 nitrogen and oxygen atoms in total. The van der Waals surface area contributed by atoms with Crippen LogP contribution < -0.4 is 0 Å². The van der Waals surface area contributed by atoms with Crippen LogP contribution in [0.5, 0.6) is 0 Å². The van der Waals surface area contributed by atoms with Crippen molar-refractivity contribution in [2.75, 3.05) is 6.54 Å². The summed E-state index contributed by atoms with van der Waals surface area (Å²) < 4.78 is 0. The lowest BCUT2D eigenvalue weighted by atomic mass is 9.91. The van der Waals surface area contributed by atoms with Crippen LogP contribution in [-0.4, -0.2) is 31.4 Å². The van der Waals surface area contributed by atoms with E-state index in [0.29, 0.717) is 5.92 Å². The molecule has 1 atom stereocenters. The predicted molar refractivity (Wildman–Crippen MR) is 79.6 cm³/mol. The highest BCUT2D eigenvalue weighted by Gasteiger charge is 2.28. The number of imidazole rings is 2. The fourth-order valence-corrected chi connectivity index (χ4v) is 3.07. The van der Waals surface area contributed by atoms with Gasteiger partial charge in [0.25, 0.3) is 0 Å². The van der Waals surface area contributed by atoms with E-state index >= 15 is 0 Å². The van der Waals surface area contributed by atoms with E-state index in [-0.39, 0.29) is 0 Å². The molecule has 1 aliphatic heterocycles. The van der Waals surface area contributed by atoms with Gasteiger partial charge in [0.15, 0.2) is 0 Å². The summed E-state index contributed by atoms with van der Waals surface area (Å²) in [7, 11) is 0. The maximum Gasteiger partial charge on any atom is 0.0925 e. The van der Waals surface area contributed by atoms with E-state index in [4.69, 9.17) is 0 Å². The van der Waals surface area contributed by atoms with Crippen LogP contribution in [0.4, 0.5) is 0 Å². The monoisotopic (exact) mass is 279 g/mol. The van der Waals surface area contributed by atoms with Gasteiger partial charge in [-0.3, -0.25) is 4.90 Å². The van der Waals surface area contributed by atoms with Crippen molar-refractivity contribution in [3.05, 3.63) is 71.8 Å². The average Bonchev–Trinajstić information content (AvgIpc) is 3.18. The summed E-state index contributed by atoms with van der Waals surface area (Å²) in [6.45, 7) is 2.75. The summed E-state index contributed by atoms with van der Waals surface area (Å²) in [6, 6.07) is 10.6. The largest absolute Gasteiger partial charge is 0.347 e. The second kappa shape index (κ2) is 5.18. The van der Waals surface area contributed by atoms with Crippen LogP contribution in [0.25, 0.3) is 0 Å². The number of hydrogen-bond acceptors (Lipinski definition) is 3. The lowest BCUT2D eigenvalue weighted by Crippen LogP contribution is -2.33. The van der Waals surface area contributed by atoms with Crippen LogP contribution in [0.3, 0.4) is 0 Å². The molecule has 3 aromatic rings. The first-order valence-corrected chi connectivity index (χ1v) is 7.17. The lowest BCUT2D eigenvalue weighted by molar-refractivity contribution is 0.225. The molecule has 1 aromatic carbocycles. The van der Waals surface area contributed by atoms with Crippen molar-refractivity contribution < 1.29 is 0 Å². The molecule has 5 heteroatoms. The standard InChI is InChI=1S/C16H17N5/c1-2-4-12(5-3-1)14-8-21(7-13-6-17-10-18-13)9-15-16(14)20-11-19-15/h1-6,10-11,14H,7-9H2,(H,17,18)(H,19,20). The zero-order valence-electron chi connectivity index (χ0n) is 11.7. The van der Waals surface area contributed by atoms with Crippen molar-refractivity contribution in [2.24, 2.45) is 0 Å². The Morgan fingerprint density at radius 1 is 1.14 bits per heavy atom. The van der Waals surface area contributed by atoms with Crippen molar-refractivity contribution in [1.29, 1.82) is 0 Å². The Kier molecular flexibility index (Phi) is 3.05. The third-order valence-electron chi connectivity index (χ3n) is 4.05.